The third kappa shape index (κ3) is 18.1. The van der Waals surface area contributed by atoms with Crippen molar-refractivity contribution in [3.05, 3.63) is 107 Å². The maximum Gasteiger partial charge on any atom is 0.514 e. The Morgan fingerprint density at radius 2 is 1.42 bits per heavy atom. The summed E-state index contributed by atoms with van der Waals surface area (Å²) in [7, 11) is 1.33. The molecule has 2 atom stereocenters. The third-order valence-electron chi connectivity index (χ3n) is 9.70. The maximum atomic E-state index is 13.8. The van der Waals surface area contributed by atoms with Gasteiger partial charge in [-0.3, -0.25) is 19.2 Å². The number of nitrogens with one attached hydrogen (secondary N) is 4. The highest BCUT2D eigenvalue weighted by Crippen LogP contribution is 2.40. The molecule has 5 rings (SSSR count). The van der Waals surface area contributed by atoms with E-state index in [-0.39, 0.29) is 46.3 Å². The molecule has 2 unspecified atom stereocenters. The fourth-order valence-corrected chi connectivity index (χ4v) is 6.59. The number of amides is 5. The fraction of sp³-hybridized carbons (Fsp3) is 0.392. The summed E-state index contributed by atoms with van der Waals surface area (Å²) >= 11 is 5.98. The molecule has 0 saturated carbocycles. The molecule has 1 aliphatic rings. The summed E-state index contributed by atoms with van der Waals surface area (Å²) in [6.45, 7) is 16.1. The molecule has 1 aliphatic heterocycles. The Hall–Kier alpha value is -7.14. The normalized spacial score (nSPS) is 14.5. The number of aromatic hydroxyl groups is 1. The molecular formula is C51H64ClN5O12. The van der Waals surface area contributed by atoms with Gasteiger partial charge in [-0.05, 0) is 119 Å². The molecule has 0 fully saturated rings. The first kappa shape index (κ1) is 56.2. The summed E-state index contributed by atoms with van der Waals surface area (Å²) in [5.74, 6) is -4.59. The Morgan fingerprint density at radius 1 is 0.812 bits per heavy atom. The van der Waals surface area contributed by atoms with Crippen LogP contribution in [0.5, 0.6) is 11.5 Å². The van der Waals surface area contributed by atoms with Crippen LogP contribution in [0.4, 0.5) is 9.59 Å². The quantitative estimate of drug-likeness (QED) is 0.0501. The van der Waals surface area contributed by atoms with Crippen LogP contribution in [-0.4, -0.2) is 101 Å². The minimum Gasteiger partial charge on any atom is -0.507 e. The molecule has 5 amide bonds. The molecule has 0 saturated heterocycles. The molecule has 0 spiro atoms. The van der Waals surface area contributed by atoms with Crippen LogP contribution in [0.1, 0.15) is 103 Å². The summed E-state index contributed by atoms with van der Waals surface area (Å²) in [5.41, 5.74) is 1.48. The van der Waals surface area contributed by atoms with Gasteiger partial charge in [0.2, 0.25) is 17.7 Å². The minimum atomic E-state index is -1.44. The number of carbonyl (C=O) groups is 7. The number of unbranched alkanes of at least 4 members (excludes halogenated alkanes) is 1. The van der Waals surface area contributed by atoms with Crippen LogP contribution in [-0.2, 0) is 35.1 Å². The molecule has 4 bridgehead atoms. The molecule has 1 heterocycles. The Morgan fingerprint density at radius 3 is 2.00 bits per heavy atom. The number of likely N-dealkylation sites (N-methyl/N-ethyl adjacent to an activating group) is 1. The highest BCUT2D eigenvalue weighted by Gasteiger charge is 2.32. The predicted octanol–water partition coefficient (Wildman–Crippen LogP) is 8.20. The summed E-state index contributed by atoms with van der Waals surface area (Å²) < 4.78 is 15.9. The van der Waals surface area contributed by atoms with Gasteiger partial charge in [0.25, 0.3) is 5.91 Å². The number of ether oxygens (including phenoxy) is 3. The van der Waals surface area contributed by atoms with Gasteiger partial charge >= 0.3 is 18.2 Å². The number of phenolic OH excluding ortho intramolecular Hbond substituents is 1. The zero-order valence-corrected chi connectivity index (χ0v) is 41.5. The van der Waals surface area contributed by atoms with E-state index in [2.05, 4.69) is 28.2 Å². The van der Waals surface area contributed by atoms with E-state index >= 15 is 0 Å². The van der Waals surface area contributed by atoms with Crippen molar-refractivity contribution in [1.82, 2.24) is 26.2 Å². The Balaban J connectivity index is 0.000000785. The third-order valence-corrected chi connectivity index (χ3v) is 9.95. The molecule has 69 heavy (non-hydrogen) atoms. The number of phenols is 1. The van der Waals surface area contributed by atoms with Crippen molar-refractivity contribution in [3.63, 3.8) is 0 Å². The van der Waals surface area contributed by atoms with Crippen LogP contribution < -0.4 is 26.0 Å². The predicted molar refractivity (Wildman–Crippen MR) is 262 cm³/mol. The van der Waals surface area contributed by atoms with E-state index in [1.165, 1.54) is 43.4 Å². The van der Waals surface area contributed by atoms with Crippen molar-refractivity contribution >= 4 is 53.4 Å². The van der Waals surface area contributed by atoms with Gasteiger partial charge in [-0.2, -0.15) is 0 Å². The topological polar surface area (TPSA) is 239 Å². The van der Waals surface area contributed by atoms with E-state index in [0.29, 0.717) is 17.1 Å². The van der Waals surface area contributed by atoms with Crippen LogP contribution in [0.2, 0.25) is 5.02 Å². The lowest BCUT2D eigenvalue weighted by atomic mass is 9.94. The first-order valence-corrected chi connectivity index (χ1v) is 22.9. The molecular weight excluding hydrogens is 910 g/mol. The largest absolute Gasteiger partial charge is 0.514 e. The Kier molecular flexibility index (Phi) is 21.0. The number of alkyl carbamates (subject to hydrolysis) is 1. The van der Waals surface area contributed by atoms with E-state index in [4.69, 9.17) is 25.8 Å². The summed E-state index contributed by atoms with van der Waals surface area (Å²) in [5, 5.41) is 31.5. The van der Waals surface area contributed by atoms with Gasteiger partial charge < -0.3 is 50.6 Å². The zero-order chi connectivity index (χ0) is 51.6. The first-order chi connectivity index (χ1) is 32.4. The number of carboxylic acids is 1. The molecule has 6 N–H and O–H groups in total. The lowest BCUT2D eigenvalue weighted by Gasteiger charge is -2.29. The van der Waals surface area contributed by atoms with Crippen LogP contribution in [0.15, 0.2) is 84.9 Å². The second-order valence-corrected chi connectivity index (χ2v) is 17.9. The van der Waals surface area contributed by atoms with Crippen LogP contribution >= 0.6 is 11.6 Å². The van der Waals surface area contributed by atoms with Gasteiger partial charge in [0.05, 0.1) is 13.1 Å². The highest BCUT2D eigenvalue weighted by molar-refractivity contribution is 6.30. The van der Waals surface area contributed by atoms with Crippen molar-refractivity contribution in [1.29, 1.82) is 0 Å². The van der Waals surface area contributed by atoms with Crippen molar-refractivity contribution in [2.24, 2.45) is 0 Å². The van der Waals surface area contributed by atoms with E-state index in [1.807, 2.05) is 46.8 Å². The van der Waals surface area contributed by atoms with Crippen molar-refractivity contribution < 1.29 is 58.0 Å². The van der Waals surface area contributed by atoms with E-state index in [1.54, 1.807) is 57.2 Å². The van der Waals surface area contributed by atoms with Gasteiger partial charge in [-0.1, -0.05) is 75.2 Å². The SMILES string of the molecule is CC.CCCCNC(=O)OC(C)(C)C.CN(C(=O)CNC(=O)c1ccc(-c2ccc(Cl)cc2)cc1)C1C(=O)NCC(=O)NC(C(=O)O)Cc2ccc(O)c(c2)-c2cc1ccc2OC(=O)OC(C)(C)C. The lowest BCUT2D eigenvalue weighted by molar-refractivity contribution is -0.142. The van der Waals surface area contributed by atoms with E-state index in [0.717, 1.165) is 28.9 Å². The number of fused-ring (bicyclic) bond motifs is 5. The monoisotopic (exact) mass is 973 g/mol. The summed E-state index contributed by atoms with van der Waals surface area (Å²) in [4.78, 5) is 90.3. The van der Waals surface area contributed by atoms with Crippen molar-refractivity contribution in [2.45, 2.75) is 105 Å². The molecule has 0 radical (unpaired) electrons. The second kappa shape index (κ2) is 25.8. The number of benzene rings is 4. The number of nitrogens with zero attached hydrogens (tertiary/aromatic N) is 1. The fourth-order valence-electron chi connectivity index (χ4n) is 6.46. The Labute approximate surface area is 408 Å². The number of carbonyl (C=O) groups excluding carboxylic acids is 6. The second-order valence-electron chi connectivity index (χ2n) is 17.5. The maximum absolute atomic E-state index is 13.8. The molecule has 0 aliphatic carbocycles. The highest BCUT2D eigenvalue weighted by atomic mass is 35.5. The van der Waals surface area contributed by atoms with Gasteiger partial charge in [-0.15, -0.1) is 0 Å². The molecule has 0 aromatic heterocycles. The van der Waals surface area contributed by atoms with E-state index < -0.39 is 72.1 Å². The van der Waals surface area contributed by atoms with Crippen molar-refractivity contribution in [2.75, 3.05) is 26.7 Å². The van der Waals surface area contributed by atoms with E-state index in [9.17, 15) is 43.8 Å². The van der Waals surface area contributed by atoms with Crippen LogP contribution in [0.25, 0.3) is 22.3 Å². The van der Waals surface area contributed by atoms with Crippen molar-refractivity contribution in [3.8, 4) is 33.8 Å². The minimum absolute atomic E-state index is 0.0805. The number of halogens is 1. The number of rotatable bonds is 10. The van der Waals surface area contributed by atoms with Crippen LogP contribution in [0.3, 0.4) is 0 Å². The van der Waals surface area contributed by atoms with Gasteiger partial charge in [0.1, 0.15) is 34.8 Å². The Bertz CT molecular complexity index is 2430. The van der Waals surface area contributed by atoms with Crippen LogP contribution in [0, 0.1) is 0 Å². The first-order valence-electron chi connectivity index (χ1n) is 22.5. The molecule has 17 nitrogen and oxygen atoms in total. The summed E-state index contributed by atoms with van der Waals surface area (Å²) in [6, 6.07) is 19.5. The molecule has 18 heteroatoms. The average Bonchev–Trinajstić information content (AvgIpc) is 3.28. The number of aliphatic carboxylic acids is 1. The number of carboxylic acid groups (broad SMARTS) is 1. The number of hydrogen-bond acceptors (Lipinski definition) is 11. The average molecular weight is 975 g/mol. The molecule has 4 aromatic carbocycles. The lowest BCUT2D eigenvalue weighted by Crippen LogP contribution is -2.49. The molecule has 4 aromatic rings. The smallest absolute Gasteiger partial charge is 0.507 e. The van der Waals surface area contributed by atoms with Gasteiger partial charge in [0.15, 0.2) is 0 Å². The molecule has 372 valence electrons. The number of hydrogen-bond donors (Lipinski definition) is 6. The van der Waals surface area contributed by atoms with Gasteiger partial charge in [0, 0.05) is 41.7 Å². The summed E-state index contributed by atoms with van der Waals surface area (Å²) in [6.07, 6.45) is 0.505. The van der Waals surface area contributed by atoms with Gasteiger partial charge in [-0.25, -0.2) is 14.4 Å². The standard InChI is InChI=1S/C40H39ClN4O10.C9H19NO2.C2H6/c1-40(2,3)55-39(53)54-32-16-12-26-19-29(32)28-17-22(5-15-31(28)46)18-30(38(51)52)44-33(47)20-42-37(50)35(26)45(4)34(48)21-43-36(49)25-8-6-23(7-9-25)24-10-13-27(41)14-11-24;1-5-6-7-10-8(11)12-9(2,3)4;1-2/h5-17,19,30,35,46H,18,20-21H2,1-4H3,(H,42,50)(H,43,49)(H,44,47)(H,51,52);5-7H2,1-4H3,(H,10,11);1-2H3. The zero-order valence-electron chi connectivity index (χ0n) is 40.8.